The number of nitrogens with one attached hydrogen (secondary N) is 1. The number of benzene rings is 1. The predicted octanol–water partition coefficient (Wildman–Crippen LogP) is 4.86. The van der Waals surface area contributed by atoms with Gasteiger partial charge in [-0.25, -0.2) is 0 Å². The lowest BCUT2D eigenvalue weighted by Gasteiger charge is -2.08. The fourth-order valence-electron chi connectivity index (χ4n) is 2.18. The van der Waals surface area contributed by atoms with Crippen molar-refractivity contribution in [3.63, 3.8) is 0 Å². The number of fused-ring (bicyclic) bond motifs is 1. The summed E-state index contributed by atoms with van der Waals surface area (Å²) in [6.45, 7) is 2.02. The third kappa shape index (κ3) is 2.95. The van der Waals surface area contributed by atoms with Crippen LogP contribution in [-0.4, -0.2) is 11.7 Å². The van der Waals surface area contributed by atoms with E-state index in [1.165, 1.54) is 10.4 Å². The van der Waals surface area contributed by atoms with E-state index in [1.54, 1.807) is 11.3 Å². The van der Waals surface area contributed by atoms with Crippen molar-refractivity contribution >= 4 is 50.6 Å². The van der Waals surface area contributed by atoms with Crippen molar-refractivity contribution in [2.75, 3.05) is 11.1 Å². The van der Waals surface area contributed by atoms with Crippen molar-refractivity contribution in [1.29, 1.82) is 0 Å². The summed E-state index contributed by atoms with van der Waals surface area (Å²) in [6.07, 6.45) is 1.09. The van der Waals surface area contributed by atoms with Gasteiger partial charge in [-0.05, 0) is 64.4 Å². The summed E-state index contributed by atoms with van der Waals surface area (Å²) in [6, 6.07) is 8.00. The summed E-state index contributed by atoms with van der Waals surface area (Å²) in [5.41, 5.74) is 3.29. The van der Waals surface area contributed by atoms with Gasteiger partial charge in [0.2, 0.25) is 0 Å². The molecule has 1 aliphatic rings. The van der Waals surface area contributed by atoms with E-state index in [0.717, 1.165) is 38.5 Å². The zero-order chi connectivity index (χ0) is 14.1. The van der Waals surface area contributed by atoms with Gasteiger partial charge in [0.1, 0.15) is 0 Å². The maximum atomic E-state index is 12.4. The number of thiophene rings is 1. The molecule has 0 fully saturated rings. The van der Waals surface area contributed by atoms with Crippen molar-refractivity contribution < 1.29 is 4.79 Å². The molecule has 0 saturated heterocycles. The second kappa shape index (κ2) is 5.92. The van der Waals surface area contributed by atoms with Gasteiger partial charge in [-0.2, -0.15) is 11.8 Å². The maximum absolute atomic E-state index is 12.4. The van der Waals surface area contributed by atoms with Gasteiger partial charge in [-0.1, -0.05) is 6.07 Å². The molecular weight excluding hydrogens is 354 g/mol. The quantitative estimate of drug-likeness (QED) is 0.820. The normalized spacial score (nSPS) is 13.9. The standard InChI is InChI=1S/C15H14BrNOS2/c1-9-2-3-11(16)12(6-9)17-15(18)14-7-10-8-19-5-4-13(10)20-14/h2-3,6-7H,4-5,8H2,1H3,(H,17,18). The van der Waals surface area contributed by atoms with Crippen LogP contribution in [0.5, 0.6) is 0 Å². The molecule has 1 aromatic carbocycles. The van der Waals surface area contributed by atoms with Crippen molar-refractivity contribution in [2.45, 2.75) is 19.1 Å². The Balaban J connectivity index is 1.82. The average Bonchev–Trinajstić information content (AvgIpc) is 2.87. The van der Waals surface area contributed by atoms with E-state index in [2.05, 4.69) is 21.2 Å². The van der Waals surface area contributed by atoms with E-state index in [9.17, 15) is 4.79 Å². The van der Waals surface area contributed by atoms with Crippen molar-refractivity contribution in [1.82, 2.24) is 0 Å². The second-order valence-electron chi connectivity index (χ2n) is 4.80. The Morgan fingerprint density at radius 2 is 2.20 bits per heavy atom. The molecule has 2 nitrogen and oxygen atoms in total. The average molecular weight is 368 g/mol. The van der Waals surface area contributed by atoms with Gasteiger partial charge >= 0.3 is 0 Å². The van der Waals surface area contributed by atoms with E-state index >= 15 is 0 Å². The van der Waals surface area contributed by atoms with Crippen LogP contribution in [0, 0.1) is 6.92 Å². The van der Waals surface area contributed by atoms with Crippen molar-refractivity contribution in [3.05, 3.63) is 49.6 Å². The van der Waals surface area contributed by atoms with Gasteiger partial charge in [0.05, 0.1) is 10.6 Å². The number of halogens is 1. The van der Waals surface area contributed by atoms with Crippen molar-refractivity contribution in [2.24, 2.45) is 0 Å². The highest BCUT2D eigenvalue weighted by Crippen LogP contribution is 2.32. The second-order valence-corrected chi connectivity index (χ2v) is 7.90. The first-order valence-electron chi connectivity index (χ1n) is 6.40. The highest BCUT2D eigenvalue weighted by atomic mass is 79.9. The highest BCUT2D eigenvalue weighted by molar-refractivity contribution is 9.10. The lowest BCUT2D eigenvalue weighted by Crippen LogP contribution is -2.10. The van der Waals surface area contributed by atoms with Gasteiger partial charge in [-0.15, -0.1) is 11.3 Å². The Morgan fingerprint density at radius 1 is 1.35 bits per heavy atom. The number of amides is 1. The summed E-state index contributed by atoms with van der Waals surface area (Å²) in [5, 5.41) is 2.99. The number of thioether (sulfide) groups is 1. The molecule has 0 spiro atoms. The van der Waals surface area contributed by atoms with Crippen LogP contribution in [-0.2, 0) is 12.2 Å². The smallest absolute Gasteiger partial charge is 0.265 e. The molecule has 1 aliphatic heterocycles. The van der Waals surface area contributed by atoms with E-state index in [0.29, 0.717) is 0 Å². The molecule has 2 heterocycles. The first-order chi connectivity index (χ1) is 9.63. The van der Waals surface area contributed by atoms with Crippen LogP contribution >= 0.6 is 39.0 Å². The van der Waals surface area contributed by atoms with Crippen molar-refractivity contribution in [3.8, 4) is 0 Å². The molecule has 1 N–H and O–H groups in total. The molecule has 2 aromatic rings. The lowest BCUT2D eigenvalue weighted by molar-refractivity contribution is 0.103. The first kappa shape index (κ1) is 14.2. The zero-order valence-electron chi connectivity index (χ0n) is 11.0. The maximum Gasteiger partial charge on any atom is 0.265 e. The number of hydrogen-bond donors (Lipinski definition) is 1. The highest BCUT2D eigenvalue weighted by Gasteiger charge is 2.18. The Kier molecular flexibility index (Phi) is 4.19. The Bertz CT molecular complexity index is 642. The summed E-state index contributed by atoms with van der Waals surface area (Å²) < 4.78 is 0.910. The van der Waals surface area contributed by atoms with Gasteiger partial charge in [-0.3, -0.25) is 4.79 Å². The Morgan fingerprint density at radius 3 is 3.00 bits per heavy atom. The van der Waals surface area contributed by atoms with Crippen LogP contribution in [0.15, 0.2) is 28.7 Å². The summed E-state index contributed by atoms with van der Waals surface area (Å²) >= 11 is 7.04. The number of carbonyl (C=O) groups is 1. The molecule has 104 valence electrons. The van der Waals surface area contributed by atoms with Crippen LogP contribution in [0.25, 0.3) is 0 Å². The number of rotatable bonds is 2. The fourth-order valence-corrected chi connectivity index (χ4v) is 4.79. The number of anilines is 1. The van der Waals surface area contributed by atoms with Gasteiger partial charge in [0.25, 0.3) is 5.91 Å². The molecule has 0 atom stereocenters. The van der Waals surface area contributed by atoms with E-state index in [1.807, 2.05) is 43.0 Å². The molecule has 5 heteroatoms. The largest absolute Gasteiger partial charge is 0.320 e. The molecule has 0 aliphatic carbocycles. The SMILES string of the molecule is Cc1ccc(Br)c(NC(=O)c2cc3c(s2)CCSC3)c1. The summed E-state index contributed by atoms with van der Waals surface area (Å²) in [4.78, 5) is 14.6. The molecule has 0 unspecified atom stereocenters. The fraction of sp³-hybridized carbons (Fsp3) is 0.267. The van der Waals surface area contributed by atoms with Gasteiger partial charge < -0.3 is 5.32 Å². The van der Waals surface area contributed by atoms with Crippen LogP contribution in [0.3, 0.4) is 0 Å². The van der Waals surface area contributed by atoms with E-state index in [4.69, 9.17) is 0 Å². The topological polar surface area (TPSA) is 29.1 Å². The predicted molar refractivity (Wildman–Crippen MR) is 91.0 cm³/mol. The minimum atomic E-state index is -0.0132. The molecule has 0 radical (unpaired) electrons. The summed E-state index contributed by atoms with van der Waals surface area (Å²) in [5.74, 6) is 2.19. The van der Waals surface area contributed by atoms with Crippen LogP contribution in [0.1, 0.15) is 25.7 Å². The molecular formula is C15H14BrNOS2. The molecule has 20 heavy (non-hydrogen) atoms. The zero-order valence-corrected chi connectivity index (χ0v) is 14.3. The number of carbonyl (C=O) groups excluding carboxylic acids is 1. The van der Waals surface area contributed by atoms with Crippen LogP contribution < -0.4 is 5.32 Å². The minimum absolute atomic E-state index is 0.0132. The monoisotopic (exact) mass is 367 g/mol. The van der Waals surface area contributed by atoms with E-state index < -0.39 is 0 Å². The van der Waals surface area contributed by atoms with Crippen LogP contribution in [0.2, 0.25) is 0 Å². The molecule has 3 rings (SSSR count). The lowest BCUT2D eigenvalue weighted by atomic mass is 10.2. The van der Waals surface area contributed by atoms with Gasteiger partial charge in [0.15, 0.2) is 0 Å². The third-order valence-electron chi connectivity index (χ3n) is 3.22. The first-order valence-corrected chi connectivity index (χ1v) is 9.17. The van der Waals surface area contributed by atoms with Crippen LogP contribution in [0.4, 0.5) is 5.69 Å². The number of hydrogen-bond acceptors (Lipinski definition) is 3. The molecule has 0 saturated carbocycles. The van der Waals surface area contributed by atoms with Gasteiger partial charge in [0, 0.05) is 15.1 Å². The minimum Gasteiger partial charge on any atom is -0.320 e. The summed E-state index contributed by atoms with van der Waals surface area (Å²) in [7, 11) is 0. The number of aryl methyl sites for hydroxylation is 2. The molecule has 0 bridgehead atoms. The Labute approximate surface area is 135 Å². The molecule has 1 aromatic heterocycles. The Hall–Kier alpha value is -0.780. The molecule has 1 amide bonds. The van der Waals surface area contributed by atoms with E-state index in [-0.39, 0.29) is 5.91 Å². The third-order valence-corrected chi connectivity index (χ3v) is 6.16.